The van der Waals surface area contributed by atoms with Crippen LogP contribution >= 0.6 is 0 Å². The fourth-order valence-electron chi connectivity index (χ4n) is 6.36. The number of hydrogen-bond acceptors (Lipinski definition) is 7. The third-order valence-corrected chi connectivity index (χ3v) is 9.47. The van der Waals surface area contributed by atoms with Crippen molar-refractivity contribution in [2.24, 2.45) is 0 Å². The lowest BCUT2D eigenvalue weighted by atomic mass is 10.0. The number of aliphatic hydroxyl groups excluding tert-OH is 2. The van der Waals surface area contributed by atoms with Crippen LogP contribution in [0.4, 0.5) is 0 Å². The summed E-state index contributed by atoms with van der Waals surface area (Å²) in [6, 6.07) is 0. The molecule has 0 aromatic rings. The minimum atomic E-state index is -0.497. The molecule has 286 valence electrons. The maximum Gasteiger partial charge on any atom is 0.307 e. The van der Waals surface area contributed by atoms with E-state index in [9.17, 15) is 19.8 Å². The summed E-state index contributed by atoms with van der Waals surface area (Å²) >= 11 is 0. The van der Waals surface area contributed by atoms with E-state index in [-0.39, 0.29) is 24.6 Å². The molecular formula is C41H81NO6. The summed E-state index contributed by atoms with van der Waals surface area (Å²) in [4.78, 5) is 27.0. The van der Waals surface area contributed by atoms with E-state index in [1.54, 1.807) is 0 Å². The molecule has 0 rings (SSSR count). The van der Waals surface area contributed by atoms with E-state index in [0.29, 0.717) is 51.9 Å². The Kier molecular flexibility index (Phi) is 36.2. The molecular weight excluding hydrogens is 602 g/mol. The average molecular weight is 684 g/mol. The van der Waals surface area contributed by atoms with Crippen LogP contribution in [0, 0.1) is 0 Å². The van der Waals surface area contributed by atoms with Gasteiger partial charge in [-0.15, -0.1) is 0 Å². The largest absolute Gasteiger partial charge is 0.466 e. The van der Waals surface area contributed by atoms with Gasteiger partial charge in [0, 0.05) is 32.7 Å². The summed E-state index contributed by atoms with van der Waals surface area (Å²) in [6.45, 7) is 8.94. The zero-order valence-corrected chi connectivity index (χ0v) is 32.2. The lowest BCUT2D eigenvalue weighted by molar-refractivity contribution is -0.150. The summed E-state index contributed by atoms with van der Waals surface area (Å²) in [5.74, 6) is -0.253. The van der Waals surface area contributed by atoms with Crippen molar-refractivity contribution in [2.75, 3.05) is 32.8 Å². The molecule has 2 N–H and O–H groups in total. The van der Waals surface area contributed by atoms with Crippen LogP contribution in [0.2, 0.25) is 0 Å². The lowest BCUT2D eigenvalue weighted by Gasteiger charge is -2.24. The fourth-order valence-corrected chi connectivity index (χ4v) is 6.36. The quantitative estimate of drug-likeness (QED) is 0.0494. The van der Waals surface area contributed by atoms with Gasteiger partial charge in [0.1, 0.15) is 6.10 Å². The monoisotopic (exact) mass is 684 g/mol. The highest BCUT2D eigenvalue weighted by Crippen LogP contribution is 2.18. The van der Waals surface area contributed by atoms with E-state index in [0.717, 1.165) is 57.8 Å². The first-order chi connectivity index (χ1) is 23.5. The van der Waals surface area contributed by atoms with Crippen LogP contribution < -0.4 is 0 Å². The maximum absolute atomic E-state index is 12.7. The Morgan fingerprint density at radius 2 is 1.02 bits per heavy atom. The Balaban J connectivity index is 4.27. The second-order valence-electron chi connectivity index (χ2n) is 14.3. The van der Waals surface area contributed by atoms with Gasteiger partial charge in [-0.05, 0) is 51.4 Å². The highest BCUT2D eigenvalue weighted by atomic mass is 16.5. The molecule has 1 atom stereocenters. The highest BCUT2D eigenvalue weighted by molar-refractivity contribution is 5.69. The predicted molar refractivity (Wildman–Crippen MR) is 201 cm³/mol. The Morgan fingerprint density at radius 3 is 1.56 bits per heavy atom. The second-order valence-corrected chi connectivity index (χ2v) is 14.3. The molecule has 0 aliphatic heterocycles. The maximum atomic E-state index is 12.7. The van der Waals surface area contributed by atoms with Gasteiger partial charge in [0.2, 0.25) is 0 Å². The molecule has 0 aromatic heterocycles. The summed E-state index contributed by atoms with van der Waals surface area (Å²) in [5.41, 5.74) is 0. The average Bonchev–Trinajstić information content (AvgIpc) is 3.07. The standard InChI is InChI=1S/C41H81NO6/c1-4-7-10-13-16-17-20-26-36-47-40(45)32-34-42(33-27-35-43)37-38(44)28-22-21-25-31-41(46)48-39(29-23-18-14-11-8-5-2)30-24-19-15-12-9-6-3/h38-39,43-44H,4-37H2,1-3H3. The van der Waals surface area contributed by atoms with E-state index < -0.39 is 6.10 Å². The number of unbranched alkanes of at least 4 members (excludes halogenated alkanes) is 19. The van der Waals surface area contributed by atoms with Crippen LogP contribution in [-0.4, -0.2) is 72.1 Å². The number of carbonyl (C=O) groups is 2. The van der Waals surface area contributed by atoms with Crippen LogP contribution in [0.1, 0.15) is 207 Å². The van der Waals surface area contributed by atoms with Gasteiger partial charge in [0.15, 0.2) is 0 Å². The van der Waals surface area contributed by atoms with Gasteiger partial charge >= 0.3 is 11.9 Å². The number of hydrogen-bond donors (Lipinski definition) is 2. The first-order valence-electron chi connectivity index (χ1n) is 20.8. The Bertz CT molecular complexity index is 674. The minimum Gasteiger partial charge on any atom is -0.466 e. The van der Waals surface area contributed by atoms with E-state index >= 15 is 0 Å². The highest BCUT2D eigenvalue weighted by Gasteiger charge is 2.16. The van der Waals surface area contributed by atoms with Crippen LogP contribution in [-0.2, 0) is 19.1 Å². The van der Waals surface area contributed by atoms with Gasteiger partial charge < -0.3 is 24.6 Å². The topological polar surface area (TPSA) is 96.3 Å². The molecule has 0 aliphatic carbocycles. The molecule has 0 saturated heterocycles. The first-order valence-corrected chi connectivity index (χ1v) is 20.8. The van der Waals surface area contributed by atoms with E-state index in [1.165, 1.54) is 103 Å². The van der Waals surface area contributed by atoms with Gasteiger partial charge in [0.25, 0.3) is 0 Å². The number of nitrogens with zero attached hydrogens (tertiary/aromatic N) is 1. The van der Waals surface area contributed by atoms with E-state index in [4.69, 9.17) is 9.47 Å². The molecule has 0 spiro atoms. The third kappa shape index (κ3) is 33.3. The molecule has 7 nitrogen and oxygen atoms in total. The summed E-state index contributed by atoms with van der Waals surface area (Å²) < 4.78 is 11.4. The molecule has 0 aliphatic rings. The van der Waals surface area contributed by atoms with Crippen molar-refractivity contribution in [1.29, 1.82) is 0 Å². The van der Waals surface area contributed by atoms with Crippen LogP contribution in [0.25, 0.3) is 0 Å². The number of ether oxygens (including phenoxy) is 2. The van der Waals surface area contributed by atoms with Crippen molar-refractivity contribution in [3.05, 3.63) is 0 Å². The number of rotatable bonds is 38. The normalized spacial score (nSPS) is 12.2. The Labute approximate surface area is 297 Å². The van der Waals surface area contributed by atoms with Crippen molar-refractivity contribution >= 4 is 11.9 Å². The van der Waals surface area contributed by atoms with E-state index in [1.807, 2.05) is 0 Å². The molecule has 48 heavy (non-hydrogen) atoms. The van der Waals surface area contributed by atoms with Crippen molar-refractivity contribution in [2.45, 2.75) is 219 Å². The first kappa shape index (κ1) is 46.8. The molecule has 0 fully saturated rings. The van der Waals surface area contributed by atoms with Crippen molar-refractivity contribution in [1.82, 2.24) is 4.90 Å². The lowest BCUT2D eigenvalue weighted by Crippen LogP contribution is -2.35. The summed E-state index contributed by atoms with van der Waals surface area (Å²) in [6.07, 6.45) is 30.9. The molecule has 0 radical (unpaired) electrons. The van der Waals surface area contributed by atoms with Gasteiger partial charge in [-0.25, -0.2) is 0 Å². The second kappa shape index (κ2) is 37.1. The molecule has 0 aromatic carbocycles. The van der Waals surface area contributed by atoms with Gasteiger partial charge in [-0.3, -0.25) is 9.59 Å². The van der Waals surface area contributed by atoms with Crippen LogP contribution in [0.3, 0.4) is 0 Å². The molecule has 0 heterocycles. The van der Waals surface area contributed by atoms with Gasteiger partial charge in [-0.2, -0.15) is 0 Å². The van der Waals surface area contributed by atoms with Crippen LogP contribution in [0.5, 0.6) is 0 Å². The van der Waals surface area contributed by atoms with E-state index in [2.05, 4.69) is 25.7 Å². The summed E-state index contributed by atoms with van der Waals surface area (Å²) in [7, 11) is 0. The molecule has 0 amide bonds. The Hall–Kier alpha value is -1.18. The summed E-state index contributed by atoms with van der Waals surface area (Å²) in [5, 5.41) is 20.0. The predicted octanol–water partition coefficient (Wildman–Crippen LogP) is 10.5. The zero-order chi connectivity index (χ0) is 35.3. The minimum absolute atomic E-state index is 0.0592. The SMILES string of the molecule is CCCCCCCCCCOC(=O)CCN(CCCO)CC(O)CCCCCC(=O)OC(CCCCCCCC)CCCCCCCC. The number of esters is 2. The molecule has 7 heteroatoms. The van der Waals surface area contributed by atoms with Crippen molar-refractivity contribution in [3.63, 3.8) is 0 Å². The fraction of sp³-hybridized carbons (Fsp3) is 0.951. The smallest absolute Gasteiger partial charge is 0.307 e. The van der Waals surface area contributed by atoms with Crippen molar-refractivity contribution in [3.8, 4) is 0 Å². The molecule has 0 saturated carbocycles. The zero-order valence-electron chi connectivity index (χ0n) is 32.2. The Morgan fingerprint density at radius 1 is 0.542 bits per heavy atom. The van der Waals surface area contributed by atoms with Gasteiger partial charge in [-0.1, -0.05) is 143 Å². The molecule has 1 unspecified atom stereocenters. The van der Waals surface area contributed by atoms with Crippen LogP contribution in [0.15, 0.2) is 0 Å². The van der Waals surface area contributed by atoms with Crippen molar-refractivity contribution < 1.29 is 29.3 Å². The number of carbonyl (C=O) groups excluding carboxylic acids is 2. The third-order valence-electron chi connectivity index (χ3n) is 9.47. The molecule has 0 bridgehead atoms. The number of aliphatic hydroxyl groups is 2. The van der Waals surface area contributed by atoms with Gasteiger partial charge in [0.05, 0.1) is 19.1 Å².